The summed E-state index contributed by atoms with van der Waals surface area (Å²) in [5.41, 5.74) is 1.09. The Labute approximate surface area is 108 Å². The third-order valence-corrected chi connectivity index (χ3v) is 4.95. The Balaban J connectivity index is 2.03. The van der Waals surface area contributed by atoms with Crippen LogP contribution in [0.3, 0.4) is 0 Å². The molecule has 0 radical (unpaired) electrons. The van der Waals surface area contributed by atoms with Gasteiger partial charge < -0.3 is 5.32 Å². The molecule has 1 atom stereocenters. The minimum Gasteiger partial charge on any atom is -0.313 e. The molecule has 0 saturated carbocycles. The number of nitrogens with one attached hydrogen (secondary N) is 3. The van der Waals surface area contributed by atoms with Gasteiger partial charge in [0.05, 0.1) is 11.4 Å². The van der Waals surface area contributed by atoms with Gasteiger partial charge in [-0.2, -0.15) is 5.10 Å². The molecule has 1 saturated heterocycles. The first-order chi connectivity index (χ1) is 8.50. The van der Waals surface area contributed by atoms with Crippen molar-refractivity contribution in [2.45, 2.75) is 44.0 Å². The lowest BCUT2D eigenvalue weighted by Crippen LogP contribution is -2.43. The lowest BCUT2D eigenvalue weighted by atomic mass is 10.1. The van der Waals surface area contributed by atoms with Crippen molar-refractivity contribution in [2.75, 3.05) is 13.1 Å². The second-order valence-corrected chi connectivity index (χ2v) is 6.47. The van der Waals surface area contributed by atoms with Crippen LogP contribution in [0.1, 0.15) is 30.7 Å². The SMILES string of the molecule is Cc1n[nH]c(C)c1S(=O)(=O)NCC1CCCCN1. The van der Waals surface area contributed by atoms with Gasteiger partial charge in [-0.1, -0.05) is 6.42 Å². The van der Waals surface area contributed by atoms with E-state index >= 15 is 0 Å². The number of rotatable bonds is 4. The van der Waals surface area contributed by atoms with E-state index in [-0.39, 0.29) is 10.9 Å². The number of hydrogen-bond acceptors (Lipinski definition) is 4. The summed E-state index contributed by atoms with van der Waals surface area (Å²) in [6.45, 7) is 4.81. The van der Waals surface area contributed by atoms with E-state index < -0.39 is 10.0 Å². The van der Waals surface area contributed by atoms with Crippen molar-refractivity contribution in [1.29, 1.82) is 0 Å². The van der Waals surface area contributed by atoms with Crippen LogP contribution < -0.4 is 10.0 Å². The molecule has 1 fully saturated rings. The summed E-state index contributed by atoms with van der Waals surface area (Å²) < 4.78 is 27.0. The summed E-state index contributed by atoms with van der Waals surface area (Å²) in [7, 11) is -3.46. The molecule has 7 heteroatoms. The highest BCUT2D eigenvalue weighted by molar-refractivity contribution is 7.89. The van der Waals surface area contributed by atoms with Crippen molar-refractivity contribution in [1.82, 2.24) is 20.2 Å². The molecule has 1 aromatic rings. The van der Waals surface area contributed by atoms with E-state index in [4.69, 9.17) is 0 Å². The zero-order valence-electron chi connectivity index (χ0n) is 10.8. The third-order valence-electron chi connectivity index (χ3n) is 3.26. The predicted molar refractivity (Wildman–Crippen MR) is 68.9 cm³/mol. The fourth-order valence-electron chi connectivity index (χ4n) is 2.32. The van der Waals surface area contributed by atoms with Gasteiger partial charge in [0.25, 0.3) is 0 Å². The van der Waals surface area contributed by atoms with Crippen molar-refractivity contribution < 1.29 is 8.42 Å². The number of hydrogen-bond donors (Lipinski definition) is 3. The Hall–Kier alpha value is -0.920. The molecule has 102 valence electrons. The van der Waals surface area contributed by atoms with Crippen LogP contribution in [0.4, 0.5) is 0 Å². The molecule has 1 aliphatic heterocycles. The van der Waals surface area contributed by atoms with Crippen molar-refractivity contribution in [3.63, 3.8) is 0 Å². The van der Waals surface area contributed by atoms with Gasteiger partial charge in [0.15, 0.2) is 0 Å². The number of aryl methyl sites for hydroxylation is 2. The van der Waals surface area contributed by atoms with Gasteiger partial charge in [0.2, 0.25) is 10.0 Å². The summed E-state index contributed by atoms with van der Waals surface area (Å²) in [6, 6.07) is 0.237. The Morgan fingerprint density at radius 1 is 1.39 bits per heavy atom. The zero-order chi connectivity index (χ0) is 13.2. The Morgan fingerprint density at radius 2 is 2.17 bits per heavy atom. The number of H-pyrrole nitrogens is 1. The molecular weight excluding hydrogens is 252 g/mol. The molecule has 2 heterocycles. The van der Waals surface area contributed by atoms with Crippen LogP contribution >= 0.6 is 0 Å². The molecule has 1 unspecified atom stereocenters. The Morgan fingerprint density at radius 3 is 2.72 bits per heavy atom. The van der Waals surface area contributed by atoms with E-state index in [0.717, 1.165) is 19.4 Å². The number of sulfonamides is 1. The van der Waals surface area contributed by atoms with Crippen LogP contribution in [0.15, 0.2) is 4.90 Å². The first-order valence-corrected chi connectivity index (χ1v) is 7.73. The van der Waals surface area contributed by atoms with Crippen molar-refractivity contribution in [2.24, 2.45) is 0 Å². The molecule has 1 aromatic heterocycles. The quantitative estimate of drug-likeness (QED) is 0.742. The lowest BCUT2D eigenvalue weighted by Gasteiger charge is -2.23. The molecule has 0 bridgehead atoms. The molecular formula is C11H20N4O2S. The molecule has 1 aliphatic rings. The first kappa shape index (κ1) is 13.5. The Bertz CT molecular complexity index is 484. The first-order valence-electron chi connectivity index (χ1n) is 6.25. The third kappa shape index (κ3) is 2.90. The van der Waals surface area contributed by atoms with E-state index in [0.29, 0.717) is 17.9 Å². The predicted octanol–water partition coefficient (Wildman–Crippen LogP) is 0.447. The van der Waals surface area contributed by atoms with Crippen molar-refractivity contribution in [3.8, 4) is 0 Å². The van der Waals surface area contributed by atoms with Crippen molar-refractivity contribution in [3.05, 3.63) is 11.4 Å². The average molecular weight is 272 g/mol. The highest BCUT2D eigenvalue weighted by Gasteiger charge is 2.23. The zero-order valence-corrected chi connectivity index (χ0v) is 11.6. The fourth-order valence-corrected chi connectivity index (χ4v) is 3.77. The van der Waals surface area contributed by atoms with Gasteiger partial charge in [-0.25, -0.2) is 13.1 Å². The highest BCUT2D eigenvalue weighted by atomic mass is 32.2. The number of nitrogens with zero attached hydrogens (tertiary/aromatic N) is 1. The average Bonchev–Trinajstić information content (AvgIpc) is 2.69. The molecule has 0 amide bonds. The van der Waals surface area contributed by atoms with E-state index in [1.807, 2.05) is 0 Å². The van der Waals surface area contributed by atoms with Gasteiger partial charge in [-0.15, -0.1) is 0 Å². The number of aromatic amines is 1. The van der Waals surface area contributed by atoms with Crippen LogP contribution in [-0.2, 0) is 10.0 Å². The Kier molecular flexibility index (Phi) is 4.04. The van der Waals surface area contributed by atoms with E-state index in [9.17, 15) is 8.42 Å². The van der Waals surface area contributed by atoms with Gasteiger partial charge in [0.1, 0.15) is 4.90 Å². The summed E-state index contributed by atoms with van der Waals surface area (Å²) in [6.07, 6.45) is 3.35. The van der Waals surface area contributed by atoms with Crippen molar-refractivity contribution >= 4 is 10.0 Å². The largest absolute Gasteiger partial charge is 0.313 e. The molecule has 0 spiro atoms. The van der Waals surface area contributed by atoms with Gasteiger partial charge in [0, 0.05) is 12.6 Å². The molecule has 2 rings (SSSR count). The monoisotopic (exact) mass is 272 g/mol. The molecule has 0 aromatic carbocycles. The topological polar surface area (TPSA) is 86.9 Å². The highest BCUT2D eigenvalue weighted by Crippen LogP contribution is 2.16. The molecule has 18 heavy (non-hydrogen) atoms. The molecule has 3 N–H and O–H groups in total. The molecule has 6 nitrogen and oxygen atoms in total. The normalized spacial score (nSPS) is 21.1. The number of piperidine rings is 1. The van der Waals surface area contributed by atoms with Crippen LogP contribution in [-0.4, -0.2) is 37.7 Å². The number of aromatic nitrogens is 2. The van der Waals surface area contributed by atoms with E-state index in [1.165, 1.54) is 6.42 Å². The van der Waals surface area contributed by atoms with E-state index in [2.05, 4.69) is 20.2 Å². The van der Waals surface area contributed by atoms with Gasteiger partial charge >= 0.3 is 0 Å². The summed E-state index contributed by atoms with van der Waals surface area (Å²) in [5, 5.41) is 9.93. The minimum absolute atomic E-state index is 0.237. The summed E-state index contributed by atoms with van der Waals surface area (Å²) >= 11 is 0. The summed E-state index contributed by atoms with van der Waals surface area (Å²) in [5.74, 6) is 0. The second-order valence-electron chi connectivity index (χ2n) is 4.76. The van der Waals surface area contributed by atoms with Crippen LogP contribution in [0, 0.1) is 13.8 Å². The van der Waals surface area contributed by atoms with Gasteiger partial charge in [-0.05, 0) is 33.2 Å². The maximum absolute atomic E-state index is 12.2. The van der Waals surface area contributed by atoms with Crippen LogP contribution in [0.2, 0.25) is 0 Å². The maximum atomic E-state index is 12.2. The molecule has 0 aliphatic carbocycles. The van der Waals surface area contributed by atoms with Crippen LogP contribution in [0.5, 0.6) is 0 Å². The summed E-state index contributed by atoms with van der Waals surface area (Å²) in [4.78, 5) is 0.276. The van der Waals surface area contributed by atoms with Gasteiger partial charge in [-0.3, -0.25) is 5.10 Å². The van der Waals surface area contributed by atoms with Crippen LogP contribution in [0.25, 0.3) is 0 Å². The maximum Gasteiger partial charge on any atom is 0.244 e. The second kappa shape index (κ2) is 5.38. The minimum atomic E-state index is -3.46. The van der Waals surface area contributed by atoms with E-state index in [1.54, 1.807) is 13.8 Å². The standard InChI is InChI=1S/C11H20N4O2S/c1-8-11(9(2)15-14-8)18(16,17)13-7-10-5-3-4-6-12-10/h10,12-13H,3-7H2,1-2H3,(H,14,15). The smallest absolute Gasteiger partial charge is 0.244 e. The lowest BCUT2D eigenvalue weighted by molar-refractivity contribution is 0.398. The fraction of sp³-hybridized carbons (Fsp3) is 0.727.